The fourth-order valence-electron chi connectivity index (χ4n) is 3.13. The maximum Gasteiger partial charge on any atom is 0.336 e. The zero-order chi connectivity index (χ0) is 25.1. The van der Waals surface area contributed by atoms with Crippen molar-refractivity contribution < 1.29 is 49.1 Å². The number of aliphatic hydroxyl groups excluding tert-OH is 2. The summed E-state index contributed by atoms with van der Waals surface area (Å²) in [5.41, 5.74) is -2.82. The van der Waals surface area contributed by atoms with Crippen molar-refractivity contribution >= 4 is 23.9 Å². The molecule has 0 aromatic rings. The summed E-state index contributed by atoms with van der Waals surface area (Å²) in [6.07, 6.45) is 8.53. The molecule has 0 aliphatic heterocycles. The summed E-state index contributed by atoms with van der Waals surface area (Å²) in [6, 6.07) is 0. The van der Waals surface area contributed by atoms with Gasteiger partial charge in [0.1, 0.15) is 12.7 Å². The van der Waals surface area contributed by atoms with Crippen molar-refractivity contribution in [3.8, 4) is 0 Å². The predicted molar refractivity (Wildman–Crippen MR) is 118 cm³/mol. The van der Waals surface area contributed by atoms with Gasteiger partial charge in [0.2, 0.25) is 0 Å². The Bertz CT molecular complexity index is 592. The summed E-state index contributed by atoms with van der Waals surface area (Å²) in [6.45, 7) is 0.910. The summed E-state index contributed by atoms with van der Waals surface area (Å²) in [5, 5.41) is 37.1. The molecule has 33 heavy (non-hydrogen) atoms. The van der Waals surface area contributed by atoms with E-state index in [0.29, 0.717) is 6.42 Å². The van der Waals surface area contributed by atoms with E-state index in [2.05, 4.69) is 16.4 Å². The lowest BCUT2D eigenvalue weighted by Crippen LogP contribution is -2.44. The van der Waals surface area contributed by atoms with Crippen LogP contribution in [0.3, 0.4) is 0 Å². The molecule has 0 aliphatic rings. The maximum atomic E-state index is 11.9. The van der Waals surface area contributed by atoms with Gasteiger partial charge in [-0.3, -0.25) is 14.4 Å². The highest BCUT2D eigenvalue weighted by Crippen LogP contribution is 2.19. The van der Waals surface area contributed by atoms with E-state index in [9.17, 15) is 24.3 Å². The van der Waals surface area contributed by atoms with Gasteiger partial charge in [0, 0.05) is 6.42 Å². The topological polar surface area (TPSA) is 168 Å². The molecule has 0 aromatic heterocycles. The van der Waals surface area contributed by atoms with E-state index < -0.39 is 61.6 Å². The van der Waals surface area contributed by atoms with Crippen LogP contribution in [0.2, 0.25) is 0 Å². The lowest BCUT2D eigenvalue weighted by atomic mass is 9.96. The first kappa shape index (κ1) is 31.0. The zero-order valence-corrected chi connectivity index (χ0v) is 19.6. The molecule has 0 rings (SSSR count). The van der Waals surface area contributed by atoms with Crippen molar-refractivity contribution in [2.24, 2.45) is 0 Å². The minimum absolute atomic E-state index is 0.00462. The van der Waals surface area contributed by atoms with Crippen molar-refractivity contribution in [2.75, 3.05) is 13.2 Å². The van der Waals surface area contributed by atoms with Crippen LogP contribution in [0, 0.1) is 0 Å². The second kappa shape index (κ2) is 18.4. The predicted octanol–water partition coefficient (Wildman–Crippen LogP) is 2.25. The Kier molecular flexibility index (Phi) is 17.3. The van der Waals surface area contributed by atoms with E-state index >= 15 is 0 Å². The minimum Gasteiger partial charge on any atom is -0.479 e. The fraction of sp³-hybridized carbons (Fsp3) is 0.826. The van der Waals surface area contributed by atoms with Crippen LogP contribution in [0.1, 0.15) is 96.8 Å². The SMILES string of the molecule is CCCCCCCCCCCCCC(=O)OC(=O)CC(O)(CC(=O)OCC(O)CO)C(=O)O. The molecule has 10 nitrogen and oxygen atoms in total. The lowest BCUT2D eigenvalue weighted by molar-refractivity contribution is -0.176. The number of carbonyl (C=O) groups is 4. The highest BCUT2D eigenvalue weighted by molar-refractivity contribution is 5.92. The van der Waals surface area contributed by atoms with Crippen LogP contribution in [0.4, 0.5) is 0 Å². The van der Waals surface area contributed by atoms with E-state index in [4.69, 9.17) is 15.3 Å². The van der Waals surface area contributed by atoms with E-state index in [0.717, 1.165) is 25.7 Å². The Morgan fingerprint density at radius 2 is 1.27 bits per heavy atom. The number of carboxylic acids is 1. The third kappa shape index (κ3) is 16.3. The van der Waals surface area contributed by atoms with Gasteiger partial charge in [-0.2, -0.15) is 0 Å². The van der Waals surface area contributed by atoms with Crippen LogP contribution in [-0.2, 0) is 28.7 Å². The molecule has 0 spiro atoms. The molecule has 0 bridgehead atoms. The second-order valence-electron chi connectivity index (χ2n) is 8.34. The van der Waals surface area contributed by atoms with Crippen molar-refractivity contribution in [2.45, 2.75) is 109 Å². The number of unbranched alkanes of at least 4 members (excludes halogenated alkanes) is 10. The van der Waals surface area contributed by atoms with Gasteiger partial charge in [-0.15, -0.1) is 0 Å². The Morgan fingerprint density at radius 1 is 0.788 bits per heavy atom. The molecule has 2 unspecified atom stereocenters. The van der Waals surface area contributed by atoms with Crippen LogP contribution >= 0.6 is 0 Å². The van der Waals surface area contributed by atoms with Gasteiger partial charge < -0.3 is 29.9 Å². The first-order valence-electron chi connectivity index (χ1n) is 11.8. The minimum atomic E-state index is -2.82. The lowest BCUT2D eigenvalue weighted by Gasteiger charge is -2.21. The number of hydrogen-bond donors (Lipinski definition) is 4. The van der Waals surface area contributed by atoms with Gasteiger partial charge in [0.05, 0.1) is 19.4 Å². The van der Waals surface area contributed by atoms with Crippen molar-refractivity contribution in [3.05, 3.63) is 0 Å². The van der Waals surface area contributed by atoms with Crippen molar-refractivity contribution in [1.82, 2.24) is 0 Å². The number of aliphatic hydroxyl groups is 3. The highest BCUT2D eigenvalue weighted by atomic mass is 16.6. The Balaban J connectivity index is 4.11. The number of carboxylic acid groups (broad SMARTS) is 1. The number of esters is 3. The van der Waals surface area contributed by atoms with Gasteiger partial charge in [-0.25, -0.2) is 4.79 Å². The fourth-order valence-corrected chi connectivity index (χ4v) is 3.13. The van der Waals surface area contributed by atoms with Gasteiger partial charge in [0.25, 0.3) is 0 Å². The summed E-state index contributed by atoms with van der Waals surface area (Å²) < 4.78 is 9.09. The Labute approximate surface area is 195 Å². The highest BCUT2D eigenvalue weighted by Gasteiger charge is 2.42. The molecular formula is C23H40O10. The van der Waals surface area contributed by atoms with Crippen LogP contribution in [-0.4, -0.2) is 69.2 Å². The summed E-state index contributed by atoms with van der Waals surface area (Å²) in [7, 11) is 0. The van der Waals surface area contributed by atoms with Gasteiger partial charge in [0.15, 0.2) is 5.60 Å². The second-order valence-corrected chi connectivity index (χ2v) is 8.34. The first-order chi connectivity index (χ1) is 15.6. The number of hydrogen-bond acceptors (Lipinski definition) is 9. The maximum absolute atomic E-state index is 11.9. The third-order valence-electron chi connectivity index (χ3n) is 5.13. The zero-order valence-electron chi connectivity index (χ0n) is 19.6. The van der Waals surface area contributed by atoms with Gasteiger partial charge in [-0.05, 0) is 6.42 Å². The molecule has 0 fully saturated rings. The number of carbonyl (C=O) groups excluding carboxylic acids is 3. The number of aliphatic carboxylic acids is 1. The summed E-state index contributed by atoms with van der Waals surface area (Å²) in [5.74, 6) is -5.15. The summed E-state index contributed by atoms with van der Waals surface area (Å²) in [4.78, 5) is 46.6. The van der Waals surface area contributed by atoms with E-state index in [1.54, 1.807) is 0 Å². The molecule has 0 aliphatic carbocycles. The monoisotopic (exact) mass is 476 g/mol. The first-order valence-corrected chi connectivity index (χ1v) is 11.8. The molecule has 0 saturated carbocycles. The van der Waals surface area contributed by atoms with E-state index in [1.807, 2.05) is 0 Å². The van der Waals surface area contributed by atoms with Crippen molar-refractivity contribution in [1.29, 1.82) is 0 Å². The van der Waals surface area contributed by atoms with E-state index in [-0.39, 0.29) is 6.42 Å². The average Bonchev–Trinajstić information content (AvgIpc) is 2.75. The number of rotatable bonds is 20. The van der Waals surface area contributed by atoms with Crippen molar-refractivity contribution in [3.63, 3.8) is 0 Å². The quantitative estimate of drug-likeness (QED) is 0.116. The Hall–Kier alpha value is -2.04. The summed E-state index contributed by atoms with van der Waals surface area (Å²) >= 11 is 0. The molecule has 10 heteroatoms. The number of ether oxygens (including phenoxy) is 2. The third-order valence-corrected chi connectivity index (χ3v) is 5.13. The molecule has 0 amide bonds. The largest absolute Gasteiger partial charge is 0.479 e. The smallest absolute Gasteiger partial charge is 0.336 e. The van der Waals surface area contributed by atoms with Crippen LogP contribution < -0.4 is 0 Å². The van der Waals surface area contributed by atoms with Gasteiger partial charge >= 0.3 is 23.9 Å². The molecule has 0 heterocycles. The normalized spacial score (nSPS) is 13.7. The van der Waals surface area contributed by atoms with Crippen LogP contribution in [0.15, 0.2) is 0 Å². The molecule has 192 valence electrons. The molecule has 4 N–H and O–H groups in total. The standard InChI is InChI=1S/C23H40O10/c1-2-3-4-5-6-7-8-9-10-11-12-13-19(26)33-21(28)15-23(31,22(29)30)14-20(27)32-17-18(25)16-24/h18,24-25,31H,2-17H2,1H3,(H,29,30). The molecular weight excluding hydrogens is 436 g/mol. The molecule has 0 radical (unpaired) electrons. The van der Waals surface area contributed by atoms with Crippen LogP contribution in [0.25, 0.3) is 0 Å². The van der Waals surface area contributed by atoms with Gasteiger partial charge in [-0.1, -0.05) is 71.1 Å². The molecule has 0 saturated heterocycles. The molecule has 0 aromatic carbocycles. The Morgan fingerprint density at radius 3 is 1.76 bits per heavy atom. The average molecular weight is 477 g/mol. The molecule has 2 atom stereocenters. The van der Waals surface area contributed by atoms with E-state index in [1.165, 1.54) is 38.5 Å². The van der Waals surface area contributed by atoms with Crippen LogP contribution in [0.5, 0.6) is 0 Å².